The molecule has 3 aliphatic heterocycles. The number of methoxy groups -OCH3 is 1. The van der Waals surface area contributed by atoms with Gasteiger partial charge in [-0.2, -0.15) is 4.98 Å². The quantitative estimate of drug-likeness (QED) is 0.153. The predicted octanol–water partition coefficient (Wildman–Crippen LogP) is 6.11. The number of anilines is 6. The normalized spacial score (nSPS) is 17.7. The summed E-state index contributed by atoms with van der Waals surface area (Å²) >= 11 is 6.47. The zero-order valence-corrected chi connectivity index (χ0v) is 32.6. The third kappa shape index (κ3) is 8.81. The van der Waals surface area contributed by atoms with Gasteiger partial charge >= 0.3 is 6.03 Å². The van der Waals surface area contributed by atoms with E-state index >= 15 is 0 Å². The molecule has 3 saturated heterocycles. The average Bonchev–Trinajstić information content (AvgIpc) is 3.16. The third-order valence-corrected chi connectivity index (χ3v) is 12.2. The van der Waals surface area contributed by atoms with Crippen LogP contribution in [0.25, 0.3) is 0 Å². The smallest absolute Gasteiger partial charge is 0.328 e. The number of nitrogens with one attached hydrogen (secondary N) is 3. The number of hydrogen-bond donors (Lipinski definition) is 3. The minimum atomic E-state index is -2.54. The highest BCUT2D eigenvalue weighted by Crippen LogP contribution is 2.39. The van der Waals surface area contributed by atoms with Crippen LogP contribution in [-0.4, -0.2) is 104 Å². The highest BCUT2D eigenvalue weighted by atomic mass is 35.5. The molecule has 1 aromatic heterocycles. The van der Waals surface area contributed by atoms with Crippen LogP contribution in [0.3, 0.4) is 0 Å². The van der Waals surface area contributed by atoms with Crippen molar-refractivity contribution in [3.63, 3.8) is 0 Å². The number of benzene rings is 3. The van der Waals surface area contributed by atoms with Crippen LogP contribution in [0.1, 0.15) is 24.8 Å². The number of rotatable bonds is 11. The summed E-state index contributed by atoms with van der Waals surface area (Å²) in [6.07, 6.45) is 4.03. The van der Waals surface area contributed by atoms with Gasteiger partial charge in [0.05, 0.1) is 24.7 Å². The second kappa shape index (κ2) is 16.4. The van der Waals surface area contributed by atoms with Crippen LogP contribution < -0.4 is 35.8 Å². The van der Waals surface area contributed by atoms with Gasteiger partial charge in [0.1, 0.15) is 17.9 Å². The van der Waals surface area contributed by atoms with Gasteiger partial charge in [-0.25, -0.2) is 9.78 Å². The fourth-order valence-electron chi connectivity index (χ4n) is 7.46. The summed E-state index contributed by atoms with van der Waals surface area (Å²) in [5, 5.41) is 10.0. The number of piperidine rings is 1. The van der Waals surface area contributed by atoms with Crippen molar-refractivity contribution in [3.05, 3.63) is 83.5 Å². The van der Waals surface area contributed by atoms with Gasteiger partial charge in [0.15, 0.2) is 5.82 Å². The van der Waals surface area contributed by atoms with Crippen molar-refractivity contribution in [2.75, 3.05) is 86.7 Å². The first-order valence-electron chi connectivity index (χ1n) is 18.3. The Labute approximate surface area is 321 Å². The Balaban J connectivity index is 0.915. The van der Waals surface area contributed by atoms with Gasteiger partial charge in [-0.3, -0.25) is 24.8 Å². The molecule has 0 radical (unpaired) electrons. The first kappa shape index (κ1) is 37.6. The van der Waals surface area contributed by atoms with Gasteiger partial charge in [-0.1, -0.05) is 35.9 Å². The van der Waals surface area contributed by atoms with E-state index in [0.717, 1.165) is 81.0 Å². The van der Waals surface area contributed by atoms with Crippen molar-refractivity contribution in [1.82, 2.24) is 25.1 Å². The number of imide groups is 1. The molecule has 0 atom stereocenters. The van der Waals surface area contributed by atoms with Crippen LogP contribution in [0.15, 0.2) is 72.9 Å². The Morgan fingerprint density at radius 2 is 1.67 bits per heavy atom. The van der Waals surface area contributed by atoms with Crippen LogP contribution in [0.5, 0.6) is 5.75 Å². The number of para-hydroxylation sites is 1. The second-order valence-corrected chi connectivity index (χ2v) is 17.9. The van der Waals surface area contributed by atoms with Crippen molar-refractivity contribution >= 4 is 70.5 Å². The molecule has 3 fully saturated rings. The molecular weight excluding hydrogens is 725 g/mol. The molecule has 0 aliphatic carbocycles. The molecule has 54 heavy (non-hydrogen) atoms. The summed E-state index contributed by atoms with van der Waals surface area (Å²) in [7, 11) is -0.883. The Kier molecular flexibility index (Phi) is 11.4. The standard InChI is InChI=1S/C39H47ClN9O4P/c1-53-34-24-29(11-12-32(34)43-38-41-25-31(40)37(45-38)42-33-9-4-5-10-35(33)54(2,3)52)47-16-13-28(14-17-47)48-21-19-46(20-22-48)26-27-7-6-8-30(23-27)49-18-15-36(50)44-39(49)51/h4-12,23-25,28H,13-22,26H2,1-3H3,(H,44,50,51)(H2,41,42,43,45). The van der Waals surface area contributed by atoms with E-state index < -0.39 is 7.14 Å². The number of nitrogens with zero attached hydrogens (tertiary/aromatic N) is 6. The van der Waals surface area contributed by atoms with Crippen LogP contribution in [0, 0.1) is 0 Å². The summed E-state index contributed by atoms with van der Waals surface area (Å²) in [4.78, 5) is 42.1. The van der Waals surface area contributed by atoms with Gasteiger partial charge in [0, 0.05) is 87.6 Å². The topological polar surface area (TPSA) is 135 Å². The molecule has 3 aliphatic rings. The summed E-state index contributed by atoms with van der Waals surface area (Å²) in [6, 6.07) is 21.9. The van der Waals surface area contributed by atoms with Crippen molar-refractivity contribution in [1.29, 1.82) is 0 Å². The summed E-state index contributed by atoms with van der Waals surface area (Å²) < 4.78 is 18.7. The molecule has 0 spiro atoms. The predicted molar refractivity (Wildman–Crippen MR) is 216 cm³/mol. The average molecular weight is 772 g/mol. The van der Waals surface area contributed by atoms with E-state index in [4.69, 9.17) is 16.3 Å². The molecule has 4 heterocycles. The number of carbonyl (C=O) groups excluding carboxylic acids is 2. The van der Waals surface area contributed by atoms with E-state index in [1.54, 1.807) is 25.3 Å². The van der Waals surface area contributed by atoms with E-state index in [2.05, 4.69) is 64.9 Å². The Bertz CT molecular complexity index is 2050. The van der Waals surface area contributed by atoms with Crippen LogP contribution in [0.2, 0.25) is 5.02 Å². The van der Waals surface area contributed by atoms with Crippen LogP contribution in [-0.2, 0) is 15.9 Å². The summed E-state index contributed by atoms with van der Waals surface area (Å²) in [6.45, 7) is 10.7. The largest absolute Gasteiger partial charge is 0.494 e. The van der Waals surface area contributed by atoms with E-state index in [-0.39, 0.29) is 11.9 Å². The highest BCUT2D eigenvalue weighted by Gasteiger charge is 2.29. The van der Waals surface area contributed by atoms with E-state index in [1.165, 1.54) is 11.8 Å². The molecule has 0 bridgehead atoms. The summed E-state index contributed by atoms with van der Waals surface area (Å²) in [5.41, 5.74) is 4.53. The van der Waals surface area contributed by atoms with Crippen LogP contribution in [0.4, 0.5) is 39.3 Å². The van der Waals surface area contributed by atoms with Gasteiger partial charge in [0.25, 0.3) is 0 Å². The van der Waals surface area contributed by atoms with Crippen molar-refractivity contribution in [2.24, 2.45) is 0 Å². The number of piperazine rings is 1. The van der Waals surface area contributed by atoms with E-state index in [0.29, 0.717) is 47.2 Å². The SMILES string of the molecule is COc1cc(N2CCC(N3CCN(Cc4cccc(N5CCC(=O)NC5=O)c4)CC3)CC2)ccc1Nc1ncc(Cl)c(Nc2ccccc2P(C)(C)=O)n1. The van der Waals surface area contributed by atoms with Crippen LogP contribution >= 0.6 is 18.7 Å². The molecule has 284 valence electrons. The lowest BCUT2D eigenvalue weighted by molar-refractivity contribution is -0.120. The maximum atomic E-state index is 12.9. The Morgan fingerprint density at radius 1 is 0.889 bits per heavy atom. The van der Waals surface area contributed by atoms with Gasteiger partial charge in [-0.15, -0.1) is 0 Å². The number of carbonyl (C=O) groups is 2. The fourth-order valence-corrected chi connectivity index (χ4v) is 8.75. The second-order valence-electron chi connectivity index (χ2n) is 14.3. The van der Waals surface area contributed by atoms with Gasteiger partial charge in [-0.05, 0) is 68.1 Å². The lowest BCUT2D eigenvalue weighted by atomic mass is 10.0. The molecule has 7 rings (SSSR count). The van der Waals surface area contributed by atoms with Crippen molar-refractivity contribution in [2.45, 2.75) is 31.8 Å². The zero-order valence-electron chi connectivity index (χ0n) is 30.9. The number of urea groups is 1. The first-order chi connectivity index (χ1) is 26.0. The lowest BCUT2D eigenvalue weighted by Crippen LogP contribution is -2.53. The maximum absolute atomic E-state index is 12.9. The van der Waals surface area contributed by atoms with Gasteiger partial charge in [0.2, 0.25) is 11.9 Å². The van der Waals surface area contributed by atoms with Crippen molar-refractivity contribution < 1.29 is 18.9 Å². The fraction of sp³-hybridized carbons (Fsp3) is 0.385. The van der Waals surface area contributed by atoms with E-state index in [9.17, 15) is 14.2 Å². The number of amides is 3. The van der Waals surface area contributed by atoms with Gasteiger partial charge < -0.3 is 24.8 Å². The third-order valence-electron chi connectivity index (χ3n) is 10.3. The molecule has 3 N–H and O–H groups in total. The zero-order chi connectivity index (χ0) is 37.8. The van der Waals surface area contributed by atoms with Crippen molar-refractivity contribution in [3.8, 4) is 5.75 Å². The molecule has 4 aromatic rings. The number of hydrogen-bond acceptors (Lipinski definition) is 11. The Hall–Kier alpha value is -4.68. The first-order valence-corrected chi connectivity index (χ1v) is 21.3. The number of halogens is 1. The molecule has 0 unspecified atom stereocenters. The number of ether oxygens (including phenoxy) is 1. The maximum Gasteiger partial charge on any atom is 0.328 e. The molecule has 3 aromatic carbocycles. The highest BCUT2D eigenvalue weighted by molar-refractivity contribution is 7.70. The van der Waals surface area contributed by atoms with E-state index in [1.807, 2.05) is 42.5 Å². The molecular formula is C39H47ClN9O4P. The molecule has 15 heteroatoms. The minimum absolute atomic E-state index is 0.222. The summed E-state index contributed by atoms with van der Waals surface area (Å²) in [5.74, 6) is 1.22. The number of aromatic nitrogens is 2. The monoisotopic (exact) mass is 771 g/mol. The molecule has 0 saturated carbocycles. The minimum Gasteiger partial charge on any atom is -0.494 e. The molecule has 13 nitrogen and oxygen atoms in total. The molecule has 3 amide bonds. The lowest BCUT2D eigenvalue weighted by Gasteiger charge is -2.43. The Morgan fingerprint density at radius 3 is 2.41 bits per heavy atom.